The first-order chi connectivity index (χ1) is 8.04. The Morgan fingerprint density at radius 1 is 1.59 bits per heavy atom. The van der Waals surface area contributed by atoms with E-state index in [9.17, 15) is 9.18 Å². The first kappa shape index (κ1) is 13.6. The van der Waals surface area contributed by atoms with Crippen LogP contribution in [0.3, 0.4) is 0 Å². The van der Waals surface area contributed by atoms with Crippen LogP contribution in [-0.2, 0) is 6.54 Å². The molecule has 0 aliphatic carbocycles. The number of primary amides is 1. The highest BCUT2D eigenvalue weighted by molar-refractivity contribution is 5.92. The number of benzene rings is 1. The molecule has 0 spiro atoms. The third-order valence-electron chi connectivity index (χ3n) is 2.54. The van der Waals surface area contributed by atoms with Crippen molar-refractivity contribution in [2.45, 2.75) is 25.9 Å². The summed E-state index contributed by atoms with van der Waals surface area (Å²) >= 11 is 0. The Morgan fingerprint density at radius 3 is 2.82 bits per heavy atom. The van der Waals surface area contributed by atoms with Gasteiger partial charge in [0, 0.05) is 30.3 Å². The van der Waals surface area contributed by atoms with Crippen molar-refractivity contribution >= 4 is 5.91 Å². The second-order valence-electron chi connectivity index (χ2n) is 3.96. The summed E-state index contributed by atoms with van der Waals surface area (Å²) in [6, 6.07) is 4.28. The molecule has 0 radical (unpaired) electrons. The topological polar surface area (TPSA) is 75.3 Å². The molecule has 0 aliphatic rings. The van der Waals surface area contributed by atoms with E-state index >= 15 is 0 Å². The first-order valence-corrected chi connectivity index (χ1v) is 5.47. The molecule has 1 amide bonds. The molecule has 1 aromatic rings. The minimum absolute atomic E-state index is 0.0945. The van der Waals surface area contributed by atoms with Crippen LogP contribution in [0, 0.1) is 5.82 Å². The van der Waals surface area contributed by atoms with Gasteiger partial charge in [-0.3, -0.25) is 4.79 Å². The summed E-state index contributed by atoms with van der Waals surface area (Å²) in [7, 11) is 0. The first-order valence-electron chi connectivity index (χ1n) is 5.47. The number of amides is 1. The van der Waals surface area contributed by atoms with Gasteiger partial charge in [-0.25, -0.2) is 4.39 Å². The van der Waals surface area contributed by atoms with Crippen LogP contribution in [0.1, 0.15) is 29.3 Å². The van der Waals surface area contributed by atoms with Gasteiger partial charge < -0.3 is 16.2 Å². The van der Waals surface area contributed by atoms with E-state index in [1.165, 1.54) is 12.1 Å². The van der Waals surface area contributed by atoms with Crippen LogP contribution in [0.5, 0.6) is 0 Å². The fourth-order valence-electron chi connectivity index (χ4n) is 1.42. The van der Waals surface area contributed by atoms with Crippen molar-refractivity contribution in [1.82, 2.24) is 5.32 Å². The van der Waals surface area contributed by atoms with E-state index in [2.05, 4.69) is 5.32 Å². The van der Waals surface area contributed by atoms with Crippen molar-refractivity contribution in [2.24, 2.45) is 5.73 Å². The third kappa shape index (κ3) is 4.13. The molecule has 4 nitrogen and oxygen atoms in total. The van der Waals surface area contributed by atoms with Crippen LogP contribution in [-0.4, -0.2) is 23.7 Å². The number of nitrogens with one attached hydrogen (secondary N) is 1. The minimum atomic E-state index is -0.642. The molecule has 0 saturated carbocycles. The van der Waals surface area contributed by atoms with E-state index < -0.39 is 11.7 Å². The molecule has 1 atom stereocenters. The summed E-state index contributed by atoms with van der Waals surface area (Å²) in [6.45, 7) is 2.36. The molecule has 0 saturated heterocycles. The average molecular weight is 240 g/mol. The van der Waals surface area contributed by atoms with E-state index in [0.717, 1.165) is 6.07 Å². The molecule has 1 unspecified atom stereocenters. The van der Waals surface area contributed by atoms with Gasteiger partial charge >= 0.3 is 0 Å². The van der Waals surface area contributed by atoms with E-state index in [0.29, 0.717) is 18.5 Å². The fraction of sp³-hybridized carbons (Fsp3) is 0.417. The van der Waals surface area contributed by atoms with Gasteiger partial charge in [-0.2, -0.15) is 0 Å². The molecule has 94 valence electrons. The fourth-order valence-corrected chi connectivity index (χ4v) is 1.42. The van der Waals surface area contributed by atoms with Crippen molar-refractivity contribution in [2.75, 3.05) is 6.61 Å². The molecule has 0 fully saturated rings. The van der Waals surface area contributed by atoms with E-state index in [-0.39, 0.29) is 18.2 Å². The van der Waals surface area contributed by atoms with Gasteiger partial charge in [0.05, 0.1) is 0 Å². The van der Waals surface area contributed by atoms with Gasteiger partial charge in [0.25, 0.3) is 0 Å². The maximum atomic E-state index is 13.5. The number of aliphatic hydroxyl groups is 1. The Bertz CT molecular complexity index is 396. The number of rotatable bonds is 6. The number of aliphatic hydroxyl groups excluding tert-OH is 1. The summed E-state index contributed by atoms with van der Waals surface area (Å²) < 4.78 is 13.5. The number of nitrogens with two attached hydrogens (primary N) is 1. The van der Waals surface area contributed by atoms with Gasteiger partial charge in [0.1, 0.15) is 5.82 Å². The highest BCUT2D eigenvalue weighted by Gasteiger charge is 2.08. The Kier molecular flexibility index (Phi) is 5.06. The Labute approximate surface area is 99.6 Å². The van der Waals surface area contributed by atoms with E-state index in [1.807, 2.05) is 6.92 Å². The maximum absolute atomic E-state index is 13.5. The minimum Gasteiger partial charge on any atom is -0.396 e. The molecule has 1 rings (SSSR count). The molecule has 17 heavy (non-hydrogen) atoms. The molecule has 5 heteroatoms. The number of hydrogen-bond donors (Lipinski definition) is 3. The van der Waals surface area contributed by atoms with E-state index in [4.69, 9.17) is 10.8 Å². The highest BCUT2D eigenvalue weighted by Crippen LogP contribution is 2.10. The van der Waals surface area contributed by atoms with Crippen LogP contribution in [0.4, 0.5) is 4.39 Å². The van der Waals surface area contributed by atoms with Crippen molar-refractivity contribution in [3.8, 4) is 0 Å². The summed E-state index contributed by atoms with van der Waals surface area (Å²) in [6.07, 6.45) is 0.612. The van der Waals surface area contributed by atoms with Crippen LogP contribution in [0.15, 0.2) is 18.2 Å². The lowest BCUT2D eigenvalue weighted by molar-refractivity contribution is 0.1000. The zero-order valence-corrected chi connectivity index (χ0v) is 9.74. The molecular weight excluding hydrogens is 223 g/mol. The third-order valence-corrected chi connectivity index (χ3v) is 2.54. The van der Waals surface area contributed by atoms with Crippen molar-refractivity contribution in [3.05, 3.63) is 35.1 Å². The normalized spacial score (nSPS) is 12.4. The molecule has 4 N–H and O–H groups in total. The smallest absolute Gasteiger partial charge is 0.248 e. The lowest BCUT2D eigenvalue weighted by Gasteiger charge is -2.12. The van der Waals surface area contributed by atoms with Gasteiger partial charge in [0.15, 0.2) is 0 Å². The Hall–Kier alpha value is -1.46. The standard InChI is InChI=1S/C12H17FN2O2/c1-8(4-5-16)15-7-10-3-2-9(12(14)17)6-11(10)13/h2-3,6,8,15-16H,4-5,7H2,1H3,(H2,14,17). The molecule has 0 aliphatic heterocycles. The van der Waals surface area contributed by atoms with Gasteiger partial charge in [0.2, 0.25) is 5.91 Å². The quantitative estimate of drug-likeness (QED) is 0.688. The monoisotopic (exact) mass is 240 g/mol. The lowest BCUT2D eigenvalue weighted by atomic mass is 10.1. The maximum Gasteiger partial charge on any atom is 0.248 e. The molecule has 0 heterocycles. The number of carbonyl (C=O) groups excluding carboxylic acids is 1. The highest BCUT2D eigenvalue weighted by atomic mass is 19.1. The predicted molar refractivity (Wildman–Crippen MR) is 62.9 cm³/mol. The summed E-state index contributed by atoms with van der Waals surface area (Å²) in [5, 5.41) is 11.8. The van der Waals surface area contributed by atoms with Gasteiger partial charge in [-0.1, -0.05) is 6.07 Å². The van der Waals surface area contributed by atoms with Crippen molar-refractivity contribution in [1.29, 1.82) is 0 Å². The second-order valence-corrected chi connectivity index (χ2v) is 3.96. The zero-order chi connectivity index (χ0) is 12.8. The Balaban J connectivity index is 2.63. The average Bonchev–Trinajstić information content (AvgIpc) is 2.27. The molecule has 0 bridgehead atoms. The molecule has 0 aromatic heterocycles. The van der Waals surface area contributed by atoms with Crippen LogP contribution >= 0.6 is 0 Å². The van der Waals surface area contributed by atoms with Crippen LogP contribution in [0.25, 0.3) is 0 Å². The molecule has 1 aromatic carbocycles. The number of hydrogen-bond acceptors (Lipinski definition) is 3. The van der Waals surface area contributed by atoms with Crippen molar-refractivity contribution in [3.63, 3.8) is 0 Å². The largest absolute Gasteiger partial charge is 0.396 e. The summed E-state index contributed by atoms with van der Waals surface area (Å²) in [5.41, 5.74) is 5.68. The van der Waals surface area contributed by atoms with Crippen molar-refractivity contribution < 1.29 is 14.3 Å². The van der Waals surface area contributed by atoms with E-state index in [1.54, 1.807) is 0 Å². The van der Waals surface area contributed by atoms with Gasteiger partial charge in [-0.15, -0.1) is 0 Å². The van der Waals surface area contributed by atoms with Gasteiger partial charge in [-0.05, 0) is 25.5 Å². The van der Waals surface area contributed by atoms with Crippen LogP contribution in [0.2, 0.25) is 0 Å². The predicted octanol–water partition coefficient (Wildman–Crippen LogP) is 0.785. The molecular formula is C12H17FN2O2. The second kappa shape index (κ2) is 6.32. The Morgan fingerprint density at radius 2 is 2.29 bits per heavy atom. The lowest BCUT2D eigenvalue weighted by Crippen LogP contribution is -2.26. The number of carbonyl (C=O) groups is 1. The van der Waals surface area contributed by atoms with Crippen LogP contribution < -0.4 is 11.1 Å². The summed E-state index contributed by atoms with van der Waals surface area (Å²) in [4.78, 5) is 10.8. The zero-order valence-electron chi connectivity index (χ0n) is 9.74. The summed E-state index contributed by atoms with van der Waals surface area (Å²) in [5.74, 6) is -1.10. The number of halogens is 1. The SMILES string of the molecule is CC(CCO)NCc1ccc(C(N)=O)cc1F.